The Labute approximate surface area is 79.8 Å². The molecule has 0 amide bonds. The first kappa shape index (κ1) is 8.53. The van der Waals surface area contributed by atoms with E-state index in [1.54, 1.807) is 0 Å². The highest BCUT2D eigenvalue weighted by Crippen LogP contribution is 2.28. The normalized spacial score (nSPS) is 12.0. The summed E-state index contributed by atoms with van der Waals surface area (Å²) in [4.78, 5) is 1.47. The van der Waals surface area contributed by atoms with E-state index >= 15 is 0 Å². The molecule has 0 saturated carbocycles. The molecular weight excluding hydrogens is 255 g/mol. The van der Waals surface area contributed by atoms with Crippen molar-refractivity contribution >= 4 is 33.9 Å². The number of rotatable bonds is 0. The van der Waals surface area contributed by atoms with Gasteiger partial charge in [-0.25, -0.2) is 0 Å². The molecule has 2 heteroatoms. The molecule has 56 valence electrons. The van der Waals surface area contributed by atoms with Gasteiger partial charge in [-0.05, 0) is 34.1 Å². The lowest BCUT2D eigenvalue weighted by molar-refractivity contribution is 0.604. The highest BCUT2D eigenvalue weighted by Gasteiger charge is 2.14. The van der Waals surface area contributed by atoms with Crippen molar-refractivity contribution in [3.63, 3.8) is 0 Å². The van der Waals surface area contributed by atoms with Gasteiger partial charge in [0, 0.05) is 13.8 Å². The van der Waals surface area contributed by atoms with Gasteiger partial charge in [-0.2, -0.15) is 0 Å². The summed E-state index contributed by atoms with van der Waals surface area (Å²) < 4.78 is 1.35. The first-order valence-electron chi connectivity index (χ1n) is 3.24. The van der Waals surface area contributed by atoms with Crippen molar-refractivity contribution < 1.29 is 0 Å². The van der Waals surface area contributed by atoms with Gasteiger partial charge in [-0.1, -0.05) is 20.8 Å². The van der Waals surface area contributed by atoms with Gasteiger partial charge in [0.25, 0.3) is 0 Å². The van der Waals surface area contributed by atoms with Crippen molar-refractivity contribution in [2.45, 2.75) is 26.2 Å². The van der Waals surface area contributed by atoms with E-state index in [2.05, 4.69) is 54.8 Å². The molecule has 0 aliphatic carbocycles. The van der Waals surface area contributed by atoms with Crippen LogP contribution in [0, 0.1) is 3.57 Å². The average molecular weight is 266 g/mol. The Balaban J connectivity index is 2.96. The van der Waals surface area contributed by atoms with Crippen LogP contribution in [0.3, 0.4) is 0 Å². The first-order chi connectivity index (χ1) is 4.50. The lowest BCUT2D eigenvalue weighted by atomic mass is 9.95. The summed E-state index contributed by atoms with van der Waals surface area (Å²) in [6, 6.07) is 2.26. The predicted molar refractivity (Wildman–Crippen MR) is 55.7 cm³/mol. The van der Waals surface area contributed by atoms with Crippen LogP contribution in [0.4, 0.5) is 0 Å². The van der Waals surface area contributed by atoms with Crippen LogP contribution in [-0.2, 0) is 5.41 Å². The van der Waals surface area contributed by atoms with Crippen LogP contribution in [0.1, 0.15) is 25.6 Å². The van der Waals surface area contributed by atoms with Crippen LogP contribution in [-0.4, -0.2) is 0 Å². The fourth-order valence-electron chi connectivity index (χ4n) is 0.706. The molecule has 0 spiro atoms. The molecule has 0 saturated heterocycles. The van der Waals surface area contributed by atoms with E-state index in [1.807, 2.05) is 11.3 Å². The molecule has 0 fully saturated rings. The van der Waals surface area contributed by atoms with Crippen LogP contribution >= 0.6 is 33.9 Å². The number of hydrogen-bond acceptors (Lipinski definition) is 1. The SMILES string of the molecule is CC(C)(C)c1cc(I)cs1. The topological polar surface area (TPSA) is 0 Å². The molecule has 10 heavy (non-hydrogen) atoms. The van der Waals surface area contributed by atoms with Gasteiger partial charge in [0.05, 0.1) is 0 Å². The van der Waals surface area contributed by atoms with Crippen LogP contribution in [0.25, 0.3) is 0 Å². The Hall–Kier alpha value is 0.430. The van der Waals surface area contributed by atoms with Crippen LogP contribution < -0.4 is 0 Å². The first-order valence-corrected chi connectivity index (χ1v) is 5.20. The summed E-state index contributed by atoms with van der Waals surface area (Å²) in [5.74, 6) is 0. The summed E-state index contributed by atoms with van der Waals surface area (Å²) in [7, 11) is 0. The quantitative estimate of drug-likeness (QED) is 0.629. The monoisotopic (exact) mass is 266 g/mol. The Kier molecular flexibility index (Phi) is 2.40. The zero-order valence-electron chi connectivity index (χ0n) is 6.44. The van der Waals surface area contributed by atoms with E-state index in [4.69, 9.17) is 0 Å². The smallest absolute Gasteiger partial charge is 0.0240 e. The maximum atomic E-state index is 2.35. The van der Waals surface area contributed by atoms with Crippen LogP contribution in [0.2, 0.25) is 0 Å². The standard InChI is InChI=1S/C8H11IS/c1-8(2,3)7-4-6(9)5-10-7/h4-5H,1-3H3. The molecule has 0 aliphatic heterocycles. The number of hydrogen-bond donors (Lipinski definition) is 0. The lowest BCUT2D eigenvalue weighted by Crippen LogP contribution is -2.07. The molecule has 1 aromatic rings. The predicted octanol–water partition coefficient (Wildman–Crippen LogP) is 3.65. The maximum absolute atomic E-state index is 2.35. The maximum Gasteiger partial charge on any atom is 0.0240 e. The summed E-state index contributed by atoms with van der Waals surface area (Å²) in [5.41, 5.74) is 0.327. The van der Waals surface area contributed by atoms with Gasteiger partial charge < -0.3 is 0 Å². The van der Waals surface area contributed by atoms with E-state index in [-0.39, 0.29) is 0 Å². The number of thiophene rings is 1. The zero-order valence-corrected chi connectivity index (χ0v) is 9.41. The van der Waals surface area contributed by atoms with Crippen molar-refractivity contribution in [1.82, 2.24) is 0 Å². The van der Waals surface area contributed by atoms with Gasteiger partial charge in [0.1, 0.15) is 0 Å². The van der Waals surface area contributed by atoms with Crippen molar-refractivity contribution in [1.29, 1.82) is 0 Å². The third kappa shape index (κ3) is 1.95. The second-order valence-electron chi connectivity index (χ2n) is 3.38. The summed E-state index contributed by atoms with van der Waals surface area (Å²) in [5, 5.41) is 2.20. The molecule has 0 unspecified atom stereocenters. The minimum Gasteiger partial charge on any atom is -0.147 e. The third-order valence-corrected chi connectivity index (χ3v) is 3.71. The third-order valence-electron chi connectivity index (χ3n) is 1.31. The average Bonchev–Trinajstić information content (AvgIpc) is 2.11. The molecule has 1 aromatic heterocycles. The minimum atomic E-state index is 0.327. The van der Waals surface area contributed by atoms with E-state index in [0.717, 1.165) is 0 Å². The van der Waals surface area contributed by atoms with Crippen molar-refractivity contribution in [2.75, 3.05) is 0 Å². The van der Waals surface area contributed by atoms with Crippen LogP contribution in [0.5, 0.6) is 0 Å². The molecule has 0 atom stereocenters. The summed E-state index contributed by atoms with van der Waals surface area (Å²) in [6.07, 6.45) is 0. The van der Waals surface area contributed by atoms with Gasteiger partial charge in [0.2, 0.25) is 0 Å². The highest BCUT2D eigenvalue weighted by atomic mass is 127. The molecule has 0 aromatic carbocycles. The minimum absolute atomic E-state index is 0.327. The molecule has 0 aliphatic rings. The molecule has 1 heterocycles. The van der Waals surface area contributed by atoms with Crippen molar-refractivity contribution in [2.24, 2.45) is 0 Å². The molecule has 1 rings (SSSR count). The Morgan fingerprint density at radius 3 is 2.20 bits per heavy atom. The number of halogens is 1. The summed E-state index contributed by atoms with van der Waals surface area (Å²) >= 11 is 4.20. The fourth-order valence-corrected chi connectivity index (χ4v) is 2.47. The largest absolute Gasteiger partial charge is 0.147 e. The Bertz CT molecular complexity index is 219. The van der Waals surface area contributed by atoms with Gasteiger partial charge in [-0.3, -0.25) is 0 Å². The Morgan fingerprint density at radius 2 is 2.00 bits per heavy atom. The van der Waals surface area contributed by atoms with Gasteiger partial charge >= 0.3 is 0 Å². The lowest BCUT2D eigenvalue weighted by Gasteiger charge is -2.14. The van der Waals surface area contributed by atoms with E-state index in [0.29, 0.717) is 5.41 Å². The second kappa shape index (κ2) is 2.81. The molecule has 0 N–H and O–H groups in total. The van der Waals surface area contributed by atoms with Crippen LogP contribution in [0.15, 0.2) is 11.4 Å². The van der Waals surface area contributed by atoms with E-state index in [1.165, 1.54) is 8.45 Å². The van der Waals surface area contributed by atoms with Crippen molar-refractivity contribution in [3.05, 3.63) is 19.9 Å². The molecule has 0 radical (unpaired) electrons. The molecular formula is C8H11IS. The fraction of sp³-hybridized carbons (Fsp3) is 0.500. The van der Waals surface area contributed by atoms with Crippen molar-refractivity contribution in [3.8, 4) is 0 Å². The molecule has 0 nitrogen and oxygen atoms in total. The van der Waals surface area contributed by atoms with Gasteiger partial charge in [-0.15, -0.1) is 11.3 Å². The summed E-state index contributed by atoms with van der Waals surface area (Å²) in [6.45, 7) is 6.73. The highest BCUT2D eigenvalue weighted by molar-refractivity contribution is 14.1. The van der Waals surface area contributed by atoms with E-state index < -0.39 is 0 Å². The van der Waals surface area contributed by atoms with E-state index in [9.17, 15) is 0 Å². The molecule has 0 bridgehead atoms. The Morgan fingerprint density at radius 1 is 1.40 bits per heavy atom. The second-order valence-corrected chi connectivity index (χ2v) is 5.54. The zero-order chi connectivity index (χ0) is 7.78. The van der Waals surface area contributed by atoms with Gasteiger partial charge in [0.15, 0.2) is 0 Å².